The van der Waals surface area contributed by atoms with E-state index >= 15 is 0 Å². The second kappa shape index (κ2) is 7.91. The minimum absolute atomic E-state index is 0.0974. The summed E-state index contributed by atoms with van der Waals surface area (Å²) in [7, 11) is 0. The van der Waals surface area contributed by atoms with Crippen LogP contribution in [0.2, 0.25) is 0 Å². The normalized spacial score (nSPS) is 23.6. The van der Waals surface area contributed by atoms with E-state index in [9.17, 15) is 9.18 Å². The summed E-state index contributed by atoms with van der Waals surface area (Å²) in [5, 5.41) is 3.02. The quantitative estimate of drug-likeness (QED) is 0.920. The molecule has 1 aliphatic heterocycles. The van der Waals surface area contributed by atoms with E-state index in [1.165, 1.54) is 63.6 Å². The molecule has 0 aromatic heterocycles. The lowest BCUT2D eigenvalue weighted by molar-refractivity contribution is 0.0866. The first-order valence-electron chi connectivity index (χ1n) is 9.00. The fourth-order valence-corrected chi connectivity index (χ4v) is 3.98. The van der Waals surface area contributed by atoms with Gasteiger partial charge in [0, 0.05) is 24.7 Å². The molecule has 2 aliphatic rings. The van der Waals surface area contributed by atoms with Crippen LogP contribution in [0.4, 0.5) is 4.39 Å². The maximum Gasteiger partial charge on any atom is 0.251 e. The highest BCUT2D eigenvalue weighted by molar-refractivity contribution is 5.94. The number of benzene rings is 1. The first-order valence-corrected chi connectivity index (χ1v) is 9.00. The number of carbonyl (C=O) groups is 1. The van der Waals surface area contributed by atoms with E-state index in [0.717, 1.165) is 19.1 Å². The maximum absolute atomic E-state index is 12.9. The van der Waals surface area contributed by atoms with Gasteiger partial charge in [-0.3, -0.25) is 4.79 Å². The lowest BCUT2D eigenvalue weighted by atomic mass is 9.90. The molecule has 1 aliphatic carbocycles. The molecule has 3 nitrogen and oxygen atoms in total. The number of rotatable bonds is 4. The van der Waals surface area contributed by atoms with Gasteiger partial charge < -0.3 is 10.2 Å². The van der Waals surface area contributed by atoms with E-state index in [4.69, 9.17) is 0 Å². The maximum atomic E-state index is 12.9. The molecule has 1 saturated heterocycles. The molecule has 1 aromatic carbocycles. The van der Waals surface area contributed by atoms with Crippen molar-refractivity contribution in [3.8, 4) is 0 Å². The average molecular weight is 318 g/mol. The van der Waals surface area contributed by atoms with Gasteiger partial charge in [-0.25, -0.2) is 4.39 Å². The zero-order valence-electron chi connectivity index (χ0n) is 13.8. The smallest absolute Gasteiger partial charge is 0.251 e. The van der Waals surface area contributed by atoms with Gasteiger partial charge >= 0.3 is 0 Å². The van der Waals surface area contributed by atoms with Crippen molar-refractivity contribution < 1.29 is 9.18 Å². The summed E-state index contributed by atoms with van der Waals surface area (Å²) in [6.45, 7) is 3.04. The largest absolute Gasteiger partial charge is 0.352 e. The van der Waals surface area contributed by atoms with E-state index < -0.39 is 0 Å². The Balaban J connectivity index is 1.47. The van der Waals surface area contributed by atoms with Crippen LogP contribution in [0.15, 0.2) is 24.3 Å². The molecule has 1 N–H and O–H groups in total. The van der Waals surface area contributed by atoms with Crippen LogP contribution in [0.25, 0.3) is 0 Å². The molecule has 4 heteroatoms. The summed E-state index contributed by atoms with van der Waals surface area (Å²) in [4.78, 5) is 14.8. The molecule has 1 aromatic rings. The van der Waals surface area contributed by atoms with Crippen LogP contribution in [-0.2, 0) is 0 Å². The van der Waals surface area contributed by atoms with Crippen molar-refractivity contribution in [2.45, 2.75) is 51.0 Å². The van der Waals surface area contributed by atoms with Crippen molar-refractivity contribution in [2.24, 2.45) is 5.92 Å². The summed E-state index contributed by atoms with van der Waals surface area (Å²) in [6, 6.07) is 6.51. The number of hydrogen-bond donors (Lipinski definition) is 1. The van der Waals surface area contributed by atoms with Gasteiger partial charge in [0.15, 0.2) is 0 Å². The molecule has 1 saturated carbocycles. The fraction of sp³-hybridized carbons (Fsp3) is 0.632. The Hall–Kier alpha value is -1.42. The third kappa shape index (κ3) is 4.54. The topological polar surface area (TPSA) is 32.3 Å². The number of likely N-dealkylation sites (tertiary alicyclic amines) is 1. The minimum atomic E-state index is -0.308. The first kappa shape index (κ1) is 16.4. The predicted octanol–water partition coefficient (Wildman–Crippen LogP) is 3.60. The third-order valence-corrected chi connectivity index (χ3v) is 5.30. The van der Waals surface area contributed by atoms with Crippen molar-refractivity contribution in [1.29, 1.82) is 0 Å². The van der Waals surface area contributed by atoms with Crippen molar-refractivity contribution in [3.63, 3.8) is 0 Å². The second-order valence-corrected chi connectivity index (χ2v) is 7.01. The van der Waals surface area contributed by atoms with Crippen LogP contribution >= 0.6 is 0 Å². The zero-order valence-corrected chi connectivity index (χ0v) is 13.8. The monoisotopic (exact) mass is 318 g/mol. The minimum Gasteiger partial charge on any atom is -0.352 e. The second-order valence-electron chi connectivity index (χ2n) is 7.01. The molecule has 1 heterocycles. The summed E-state index contributed by atoms with van der Waals surface area (Å²) in [5.41, 5.74) is 0.534. The lowest BCUT2D eigenvalue weighted by Gasteiger charge is -2.40. The molecular formula is C19H27FN2O. The van der Waals surface area contributed by atoms with E-state index in [1.54, 1.807) is 12.1 Å². The van der Waals surface area contributed by atoms with Crippen LogP contribution in [-0.4, -0.2) is 36.5 Å². The zero-order chi connectivity index (χ0) is 16.1. The molecule has 0 radical (unpaired) electrons. The summed E-state index contributed by atoms with van der Waals surface area (Å²) < 4.78 is 12.9. The van der Waals surface area contributed by atoms with E-state index in [2.05, 4.69) is 10.2 Å². The average Bonchev–Trinajstić information content (AvgIpc) is 2.61. The Bertz CT molecular complexity index is 511. The highest BCUT2D eigenvalue weighted by Crippen LogP contribution is 2.26. The fourth-order valence-electron chi connectivity index (χ4n) is 3.98. The Morgan fingerprint density at radius 3 is 2.57 bits per heavy atom. The molecule has 0 spiro atoms. The number of halogens is 1. The van der Waals surface area contributed by atoms with Gasteiger partial charge in [0.05, 0.1) is 0 Å². The van der Waals surface area contributed by atoms with Gasteiger partial charge in [-0.2, -0.15) is 0 Å². The van der Waals surface area contributed by atoms with Gasteiger partial charge in [0.2, 0.25) is 0 Å². The number of hydrogen-bond acceptors (Lipinski definition) is 2. The molecule has 1 amide bonds. The van der Waals surface area contributed by atoms with Crippen LogP contribution in [0.1, 0.15) is 55.3 Å². The van der Waals surface area contributed by atoms with Gasteiger partial charge in [-0.05, 0) is 62.4 Å². The molecule has 1 atom stereocenters. The highest BCUT2D eigenvalue weighted by Gasteiger charge is 2.27. The Morgan fingerprint density at radius 1 is 1.09 bits per heavy atom. The highest BCUT2D eigenvalue weighted by atomic mass is 19.1. The van der Waals surface area contributed by atoms with Crippen molar-refractivity contribution in [2.75, 3.05) is 19.6 Å². The third-order valence-electron chi connectivity index (χ3n) is 5.30. The lowest BCUT2D eigenvalue weighted by Crippen LogP contribution is -2.46. The number of nitrogens with zero attached hydrogens (tertiary/aromatic N) is 1. The van der Waals surface area contributed by atoms with E-state index in [1.807, 2.05) is 0 Å². The number of nitrogens with one attached hydrogen (secondary N) is 1. The van der Waals surface area contributed by atoms with Gasteiger partial charge in [-0.1, -0.05) is 19.3 Å². The van der Waals surface area contributed by atoms with Gasteiger partial charge in [0.25, 0.3) is 5.91 Å². The van der Waals surface area contributed by atoms with Gasteiger partial charge in [-0.15, -0.1) is 0 Å². The number of amides is 1. The standard InChI is InChI=1S/C19H27FN2O/c20-17-10-8-16(9-11-17)19(23)21-13-15-5-4-12-22(14-15)18-6-2-1-3-7-18/h8-11,15,18H,1-7,12-14H2,(H,21,23)/t15-/m1/s1. The van der Waals surface area contributed by atoms with Crippen LogP contribution < -0.4 is 5.32 Å². The van der Waals surface area contributed by atoms with Crippen LogP contribution in [0, 0.1) is 11.7 Å². The first-order chi connectivity index (χ1) is 11.2. The molecule has 126 valence electrons. The number of piperidine rings is 1. The Labute approximate surface area is 138 Å². The molecule has 0 unspecified atom stereocenters. The SMILES string of the molecule is O=C(NC[C@H]1CCCN(C2CCCCC2)C1)c1ccc(F)cc1. The summed E-state index contributed by atoms with van der Waals surface area (Å²) >= 11 is 0. The molecular weight excluding hydrogens is 291 g/mol. The molecule has 23 heavy (non-hydrogen) atoms. The van der Waals surface area contributed by atoms with Crippen LogP contribution in [0.3, 0.4) is 0 Å². The van der Waals surface area contributed by atoms with E-state index in [0.29, 0.717) is 11.5 Å². The summed E-state index contributed by atoms with van der Waals surface area (Å²) in [6.07, 6.45) is 9.23. The number of carbonyl (C=O) groups excluding carboxylic acids is 1. The van der Waals surface area contributed by atoms with Crippen molar-refractivity contribution in [3.05, 3.63) is 35.6 Å². The van der Waals surface area contributed by atoms with Gasteiger partial charge in [0.1, 0.15) is 5.82 Å². The molecule has 3 rings (SSSR count). The van der Waals surface area contributed by atoms with Crippen LogP contribution in [0.5, 0.6) is 0 Å². The molecule has 0 bridgehead atoms. The van der Waals surface area contributed by atoms with Crippen molar-refractivity contribution >= 4 is 5.91 Å². The van der Waals surface area contributed by atoms with E-state index in [-0.39, 0.29) is 11.7 Å². The van der Waals surface area contributed by atoms with Crippen molar-refractivity contribution in [1.82, 2.24) is 10.2 Å². The summed E-state index contributed by atoms with van der Waals surface area (Å²) in [5.74, 6) is 0.131. The Kier molecular flexibility index (Phi) is 5.65. The Morgan fingerprint density at radius 2 is 1.83 bits per heavy atom. The predicted molar refractivity (Wildman–Crippen MR) is 89.9 cm³/mol. The molecule has 2 fully saturated rings.